The van der Waals surface area contributed by atoms with Gasteiger partial charge in [-0.3, -0.25) is 4.79 Å². The van der Waals surface area contributed by atoms with E-state index < -0.39 is 11.4 Å². The normalized spacial score (nSPS) is 12.1. The Morgan fingerprint density at radius 1 is 1.67 bits per heavy atom. The second-order valence-electron chi connectivity index (χ2n) is 3.38. The van der Waals surface area contributed by atoms with Crippen molar-refractivity contribution >= 4 is 5.97 Å². The molecule has 0 aliphatic rings. The Hall–Kier alpha value is -1.84. The van der Waals surface area contributed by atoms with E-state index >= 15 is 0 Å². The van der Waals surface area contributed by atoms with E-state index in [0.717, 1.165) is 5.69 Å². The van der Waals surface area contributed by atoms with Crippen LogP contribution in [0, 0.1) is 6.92 Å². The zero-order chi connectivity index (χ0) is 11.6. The van der Waals surface area contributed by atoms with Crippen molar-refractivity contribution in [2.75, 3.05) is 0 Å². The second kappa shape index (κ2) is 4.13. The highest BCUT2D eigenvalue weighted by atomic mass is 16.4. The third-order valence-corrected chi connectivity index (χ3v) is 2.29. The zero-order valence-corrected chi connectivity index (χ0v) is 8.73. The van der Waals surface area contributed by atoms with Gasteiger partial charge in [-0.05, 0) is 13.8 Å². The van der Waals surface area contributed by atoms with Gasteiger partial charge in [0, 0.05) is 24.0 Å². The number of rotatable bonds is 3. The summed E-state index contributed by atoms with van der Waals surface area (Å²) in [6, 6.07) is 1.28. The molecule has 0 radical (unpaired) electrons. The molecule has 1 N–H and O–H groups in total. The minimum atomic E-state index is -1.20. The van der Waals surface area contributed by atoms with Crippen LogP contribution >= 0.6 is 0 Å². The third-order valence-electron chi connectivity index (χ3n) is 2.29. The fourth-order valence-electron chi connectivity index (χ4n) is 1.36. The van der Waals surface area contributed by atoms with E-state index in [-0.39, 0.29) is 11.6 Å². The molecule has 1 aromatic rings. The maximum Gasteiger partial charge on any atom is 0.341 e. The number of aromatic nitrogens is 1. The van der Waals surface area contributed by atoms with Gasteiger partial charge in [-0.1, -0.05) is 6.08 Å². The zero-order valence-electron chi connectivity index (χ0n) is 8.73. The summed E-state index contributed by atoms with van der Waals surface area (Å²) in [6.07, 6.45) is 3.04. The average Bonchev–Trinajstić information content (AvgIpc) is 2.16. The molecule has 0 aromatic carbocycles. The van der Waals surface area contributed by atoms with E-state index in [1.54, 1.807) is 17.6 Å². The van der Waals surface area contributed by atoms with E-state index in [9.17, 15) is 9.59 Å². The highest BCUT2D eigenvalue weighted by molar-refractivity contribution is 5.87. The van der Waals surface area contributed by atoms with Gasteiger partial charge in [0.2, 0.25) is 0 Å². The minimum absolute atomic E-state index is 0.0382. The van der Waals surface area contributed by atoms with Crippen LogP contribution in [0.25, 0.3) is 0 Å². The number of allylic oxidation sites excluding steroid dienone is 1. The summed E-state index contributed by atoms with van der Waals surface area (Å²) in [5.74, 6) is -1.20. The highest BCUT2D eigenvalue weighted by Crippen LogP contribution is 2.10. The lowest BCUT2D eigenvalue weighted by atomic mass is 10.2. The first-order chi connectivity index (χ1) is 6.97. The molecule has 15 heavy (non-hydrogen) atoms. The van der Waals surface area contributed by atoms with Gasteiger partial charge in [0.25, 0.3) is 0 Å². The van der Waals surface area contributed by atoms with Crippen molar-refractivity contribution in [2.24, 2.45) is 0 Å². The Labute approximate surface area is 87.5 Å². The van der Waals surface area contributed by atoms with Gasteiger partial charge in [-0.25, -0.2) is 4.79 Å². The Morgan fingerprint density at radius 2 is 2.27 bits per heavy atom. The Balaban J connectivity index is 3.42. The van der Waals surface area contributed by atoms with E-state index in [4.69, 9.17) is 5.11 Å². The van der Waals surface area contributed by atoms with Crippen molar-refractivity contribution < 1.29 is 9.90 Å². The first kappa shape index (κ1) is 11.2. The van der Waals surface area contributed by atoms with Gasteiger partial charge in [0.15, 0.2) is 5.43 Å². The summed E-state index contributed by atoms with van der Waals surface area (Å²) in [4.78, 5) is 22.1. The lowest BCUT2D eigenvalue weighted by Gasteiger charge is -2.15. The van der Waals surface area contributed by atoms with Crippen LogP contribution < -0.4 is 5.43 Å². The van der Waals surface area contributed by atoms with E-state index in [2.05, 4.69) is 6.58 Å². The van der Waals surface area contributed by atoms with E-state index in [1.165, 1.54) is 12.3 Å². The van der Waals surface area contributed by atoms with Gasteiger partial charge in [0.1, 0.15) is 5.56 Å². The maximum atomic E-state index is 11.3. The Kier molecular flexibility index (Phi) is 3.09. The fraction of sp³-hybridized carbons (Fsp3) is 0.273. The molecule has 0 aliphatic heterocycles. The monoisotopic (exact) mass is 207 g/mol. The molecule has 0 aliphatic carbocycles. The summed E-state index contributed by atoms with van der Waals surface area (Å²) in [5, 5.41) is 8.80. The lowest BCUT2D eigenvalue weighted by molar-refractivity contribution is 0.0694. The van der Waals surface area contributed by atoms with Gasteiger partial charge in [-0.2, -0.15) is 0 Å². The highest BCUT2D eigenvalue weighted by Gasteiger charge is 2.12. The number of hydrogen-bond acceptors (Lipinski definition) is 2. The molecule has 1 aromatic heterocycles. The number of pyridine rings is 1. The van der Waals surface area contributed by atoms with Gasteiger partial charge >= 0.3 is 5.97 Å². The summed E-state index contributed by atoms with van der Waals surface area (Å²) in [7, 11) is 0. The molecular formula is C11H13NO3. The molecular weight excluding hydrogens is 194 g/mol. The molecule has 0 fully saturated rings. The molecule has 0 saturated carbocycles. The van der Waals surface area contributed by atoms with Crippen LogP contribution in [0.1, 0.15) is 29.0 Å². The van der Waals surface area contributed by atoms with Crippen LogP contribution in [-0.4, -0.2) is 15.6 Å². The fourth-order valence-corrected chi connectivity index (χ4v) is 1.36. The molecule has 1 unspecified atom stereocenters. The number of carboxylic acid groups (broad SMARTS) is 1. The molecule has 1 rings (SSSR count). The average molecular weight is 207 g/mol. The molecule has 1 heterocycles. The third kappa shape index (κ3) is 2.15. The van der Waals surface area contributed by atoms with Gasteiger partial charge < -0.3 is 9.67 Å². The quantitative estimate of drug-likeness (QED) is 0.766. The predicted molar refractivity (Wildman–Crippen MR) is 57.3 cm³/mol. The molecule has 1 atom stereocenters. The van der Waals surface area contributed by atoms with Gasteiger partial charge in [-0.15, -0.1) is 6.58 Å². The molecule has 4 nitrogen and oxygen atoms in total. The molecule has 0 bridgehead atoms. The Morgan fingerprint density at radius 3 is 2.73 bits per heavy atom. The number of aryl methyl sites for hydroxylation is 1. The molecule has 4 heteroatoms. The standard InChI is InChI=1S/C11H13NO3/c1-4-7(2)12-6-9(11(14)15)10(13)5-8(12)3/h4-7H,1H2,2-3H3,(H,14,15). The number of hydrogen-bond donors (Lipinski definition) is 1. The lowest BCUT2D eigenvalue weighted by Crippen LogP contribution is -2.20. The SMILES string of the molecule is C=CC(C)n1cc(C(=O)O)c(=O)cc1C. The summed E-state index contributed by atoms with van der Waals surface area (Å²) >= 11 is 0. The van der Waals surface area contributed by atoms with Crippen LogP contribution in [0.3, 0.4) is 0 Å². The maximum absolute atomic E-state index is 11.3. The largest absolute Gasteiger partial charge is 0.477 e. The van der Waals surface area contributed by atoms with Crippen LogP contribution in [0.4, 0.5) is 0 Å². The van der Waals surface area contributed by atoms with Crippen LogP contribution in [-0.2, 0) is 0 Å². The van der Waals surface area contributed by atoms with E-state index in [0.29, 0.717) is 0 Å². The summed E-state index contributed by atoms with van der Waals surface area (Å²) in [5.41, 5.74) is 0.0409. The van der Waals surface area contributed by atoms with Crippen molar-refractivity contribution in [3.63, 3.8) is 0 Å². The first-order valence-electron chi connectivity index (χ1n) is 4.56. The summed E-state index contributed by atoms with van der Waals surface area (Å²) in [6.45, 7) is 7.26. The molecule has 0 amide bonds. The van der Waals surface area contributed by atoms with Crippen molar-refractivity contribution in [1.29, 1.82) is 0 Å². The second-order valence-corrected chi connectivity index (χ2v) is 3.38. The topological polar surface area (TPSA) is 59.3 Å². The van der Waals surface area contributed by atoms with Crippen molar-refractivity contribution in [3.05, 3.63) is 46.4 Å². The number of nitrogens with zero attached hydrogens (tertiary/aromatic N) is 1. The number of aromatic carboxylic acids is 1. The number of carboxylic acids is 1. The van der Waals surface area contributed by atoms with E-state index in [1.807, 2.05) is 6.92 Å². The minimum Gasteiger partial charge on any atom is -0.477 e. The summed E-state index contributed by atoms with van der Waals surface area (Å²) < 4.78 is 1.71. The van der Waals surface area contributed by atoms with Crippen LogP contribution in [0.5, 0.6) is 0 Å². The van der Waals surface area contributed by atoms with Crippen molar-refractivity contribution in [2.45, 2.75) is 19.9 Å². The molecule has 80 valence electrons. The van der Waals surface area contributed by atoms with Crippen LogP contribution in [0.2, 0.25) is 0 Å². The van der Waals surface area contributed by atoms with Crippen LogP contribution in [0.15, 0.2) is 29.7 Å². The van der Waals surface area contributed by atoms with Crippen molar-refractivity contribution in [1.82, 2.24) is 4.57 Å². The van der Waals surface area contributed by atoms with Gasteiger partial charge in [0.05, 0.1) is 0 Å². The van der Waals surface area contributed by atoms with Crippen molar-refractivity contribution in [3.8, 4) is 0 Å². The predicted octanol–water partition coefficient (Wildman–Crippen LogP) is 1.60. The first-order valence-corrected chi connectivity index (χ1v) is 4.56. The smallest absolute Gasteiger partial charge is 0.341 e. The molecule has 0 saturated heterocycles. The Bertz CT molecular complexity index is 459. The number of carbonyl (C=O) groups is 1. The molecule has 0 spiro atoms.